The minimum absolute atomic E-state index is 0.304. The first-order chi connectivity index (χ1) is 12.5. The van der Waals surface area contributed by atoms with Crippen molar-refractivity contribution >= 4 is 17.6 Å². The van der Waals surface area contributed by atoms with Crippen molar-refractivity contribution in [2.75, 3.05) is 31.1 Å². The van der Waals surface area contributed by atoms with Crippen LogP contribution in [0.15, 0.2) is 23.3 Å². The number of hydrogen-bond acceptors (Lipinski definition) is 4. The molecule has 5 heteroatoms. The summed E-state index contributed by atoms with van der Waals surface area (Å²) in [4.78, 5) is 5.78. The van der Waals surface area contributed by atoms with Crippen LogP contribution in [0.2, 0.25) is 0 Å². The molecule has 1 aromatic rings. The average molecular weight is 358 g/mol. The number of hydrogen-bond donors (Lipinski definition) is 2. The van der Waals surface area contributed by atoms with Crippen molar-refractivity contribution in [2.24, 2.45) is 16.4 Å². The van der Waals surface area contributed by atoms with E-state index in [4.69, 9.17) is 10.6 Å². The fourth-order valence-corrected chi connectivity index (χ4v) is 3.82. The topological polar surface area (TPSA) is 64.8 Å². The molecule has 0 bridgehead atoms. The number of rotatable bonds is 6. The van der Waals surface area contributed by atoms with Gasteiger partial charge >= 0.3 is 0 Å². The molecular weight excluding hydrogens is 324 g/mol. The van der Waals surface area contributed by atoms with Gasteiger partial charge in [0.2, 0.25) is 0 Å². The van der Waals surface area contributed by atoms with Crippen molar-refractivity contribution in [1.29, 1.82) is 0 Å². The van der Waals surface area contributed by atoms with E-state index in [9.17, 15) is 0 Å². The molecule has 2 heterocycles. The van der Waals surface area contributed by atoms with E-state index in [0.717, 1.165) is 44.8 Å². The molecule has 26 heavy (non-hydrogen) atoms. The number of nitrogens with two attached hydrogens (primary N) is 1. The van der Waals surface area contributed by atoms with Gasteiger partial charge in [-0.3, -0.25) is 0 Å². The summed E-state index contributed by atoms with van der Waals surface area (Å²) >= 11 is 0. The zero-order valence-electron chi connectivity index (χ0n) is 16.4. The maximum absolute atomic E-state index is 5.75. The number of nitrogens with zero attached hydrogens (tertiary/aromatic N) is 2. The van der Waals surface area contributed by atoms with Gasteiger partial charge in [-0.05, 0) is 54.9 Å². The largest absolute Gasteiger partial charge is 0.372 e. The second kappa shape index (κ2) is 8.21. The quantitative estimate of drug-likeness (QED) is 0.460. The molecule has 142 valence electrons. The molecule has 0 radical (unpaired) electrons. The van der Waals surface area contributed by atoms with Crippen molar-refractivity contribution in [3.05, 3.63) is 29.3 Å². The van der Waals surface area contributed by atoms with E-state index in [1.807, 2.05) is 6.21 Å². The first-order valence-corrected chi connectivity index (χ1v) is 9.76. The fraction of sp³-hybridized carbons (Fsp3) is 0.619. The van der Waals surface area contributed by atoms with Crippen LogP contribution >= 0.6 is 0 Å². The molecule has 1 atom stereocenters. The Kier molecular flexibility index (Phi) is 5.97. The summed E-state index contributed by atoms with van der Waals surface area (Å²) < 4.78 is 5.75. The van der Waals surface area contributed by atoms with Crippen LogP contribution in [-0.2, 0) is 11.2 Å². The molecule has 2 aliphatic heterocycles. The summed E-state index contributed by atoms with van der Waals surface area (Å²) in [5, 5.41) is 3.98. The van der Waals surface area contributed by atoms with Crippen molar-refractivity contribution in [1.82, 2.24) is 0 Å². The van der Waals surface area contributed by atoms with E-state index in [1.54, 1.807) is 0 Å². The summed E-state index contributed by atoms with van der Waals surface area (Å²) in [6.07, 6.45) is 6.55. The predicted molar refractivity (Wildman–Crippen MR) is 108 cm³/mol. The minimum Gasteiger partial charge on any atom is -0.372 e. The Morgan fingerprint density at radius 3 is 2.85 bits per heavy atom. The van der Waals surface area contributed by atoms with E-state index < -0.39 is 0 Å². The van der Waals surface area contributed by atoms with Gasteiger partial charge in [0.25, 0.3) is 0 Å². The molecule has 0 aromatic heterocycles. The standard InChI is InChI=1S/C21H32N4O/c1-16-7-8-19(25-14-21(2,3)15-25)11-17(16)10-18(24-22)12-23-13-20-6-4-5-9-26-20/h7-8,11-12,20H,4-6,9-10,13-15,22H2,1-3H3/p+1/b23-12?,24-18-. The fourth-order valence-electron chi connectivity index (χ4n) is 3.82. The maximum Gasteiger partial charge on any atom is 0.185 e. The van der Waals surface area contributed by atoms with Crippen LogP contribution in [0.25, 0.3) is 0 Å². The van der Waals surface area contributed by atoms with Gasteiger partial charge in [0.15, 0.2) is 12.8 Å². The van der Waals surface area contributed by atoms with Crippen molar-refractivity contribution in [3.63, 3.8) is 0 Å². The number of anilines is 1. The van der Waals surface area contributed by atoms with E-state index in [2.05, 4.69) is 54.0 Å². The van der Waals surface area contributed by atoms with Crippen LogP contribution < -0.4 is 15.7 Å². The van der Waals surface area contributed by atoms with Gasteiger partial charge in [-0.1, -0.05) is 19.9 Å². The number of aryl methyl sites for hydroxylation is 1. The third-order valence-corrected chi connectivity index (χ3v) is 5.36. The Morgan fingerprint density at radius 1 is 1.38 bits per heavy atom. The first-order valence-electron chi connectivity index (χ1n) is 9.76. The first kappa shape index (κ1) is 18.9. The predicted octanol–water partition coefficient (Wildman–Crippen LogP) is 1.42. The van der Waals surface area contributed by atoms with E-state index >= 15 is 0 Å². The Balaban J connectivity index is 1.60. The Hall–Kier alpha value is -1.88. The molecule has 2 fully saturated rings. The summed E-state index contributed by atoms with van der Waals surface area (Å²) in [6, 6.07) is 6.71. The van der Waals surface area contributed by atoms with Gasteiger partial charge in [0.1, 0.15) is 11.8 Å². The second-order valence-corrected chi connectivity index (χ2v) is 8.47. The lowest BCUT2D eigenvalue weighted by atomic mass is 9.84. The van der Waals surface area contributed by atoms with Gasteiger partial charge in [-0.2, -0.15) is 5.10 Å². The van der Waals surface area contributed by atoms with Gasteiger partial charge < -0.3 is 15.5 Å². The Morgan fingerprint density at radius 2 is 2.19 bits per heavy atom. The van der Waals surface area contributed by atoms with Gasteiger partial charge in [0.05, 0.1) is 0 Å². The summed E-state index contributed by atoms with van der Waals surface area (Å²) in [6.45, 7) is 10.7. The highest BCUT2D eigenvalue weighted by Gasteiger charge is 2.34. The molecule has 2 aliphatic rings. The lowest BCUT2D eigenvalue weighted by molar-refractivity contribution is -0.465. The molecule has 0 spiro atoms. The highest BCUT2D eigenvalue weighted by Crippen LogP contribution is 2.34. The summed E-state index contributed by atoms with van der Waals surface area (Å²) in [5.41, 5.74) is 5.14. The minimum atomic E-state index is 0.304. The third kappa shape index (κ3) is 4.85. The molecule has 0 aliphatic carbocycles. The van der Waals surface area contributed by atoms with Gasteiger partial charge in [-0.15, -0.1) is 0 Å². The zero-order chi connectivity index (χ0) is 18.6. The molecule has 0 saturated carbocycles. The van der Waals surface area contributed by atoms with E-state index in [1.165, 1.54) is 29.7 Å². The SMILES string of the molecule is Cc1ccc(N2CC(C)(C)C2)cc1C/C(C=[NH+]CC1CCCCO1)=N/N. The summed E-state index contributed by atoms with van der Waals surface area (Å²) in [5.74, 6) is 5.64. The monoisotopic (exact) mass is 357 g/mol. The van der Waals surface area contributed by atoms with Crippen LogP contribution in [-0.4, -0.2) is 44.3 Å². The Labute approximate surface area is 157 Å². The number of benzene rings is 1. The smallest absolute Gasteiger partial charge is 0.185 e. The van der Waals surface area contributed by atoms with Crippen LogP contribution in [0.4, 0.5) is 5.69 Å². The normalized spacial score (nSPS) is 23.3. The second-order valence-electron chi connectivity index (χ2n) is 8.47. The van der Waals surface area contributed by atoms with E-state index in [-0.39, 0.29) is 0 Å². The molecular formula is C21H33N4O+. The maximum atomic E-state index is 5.75. The molecule has 3 rings (SSSR count). The summed E-state index contributed by atoms with van der Waals surface area (Å²) in [7, 11) is 0. The molecule has 1 aromatic carbocycles. The Bertz CT molecular complexity index is 667. The highest BCUT2D eigenvalue weighted by atomic mass is 16.5. The van der Waals surface area contributed by atoms with Gasteiger partial charge in [0, 0.05) is 31.8 Å². The van der Waals surface area contributed by atoms with Crippen LogP contribution in [0, 0.1) is 12.3 Å². The van der Waals surface area contributed by atoms with E-state index in [0.29, 0.717) is 11.5 Å². The van der Waals surface area contributed by atoms with Crippen LogP contribution in [0.1, 0.15) is 44.2 Å². The molecule has 3 N–H and O–H groups in total. The molecule has 0 amide bonds. The van der Waals surface area contributed by atoms with Gasteiger partial charge in [-0.25, -0.2) is 4.99 Å². The van der Waals surface area contributed by atoms with Crippen molar-refractivity contribution < 1.29 is 9.73 Å². The number of ether oxygens (including phenoxy) is 1. The average Bonchev–Trinajstić information content (AvgIpc) is 2.61. The third-order valence-electron chi connectivity index (χ3n) is 5.36. The van der Waals surface area contributed by atoms with Crippen LogP contribution in [0.3, 0.4) is 0 Å². The molecule has 1 unspecified atom stereocenters. The van der Waals surface area contributed by atoms with Crippen molar-refractivity contribution in [3.8, 4) is 0 Å². The lowest BCUT2D eigenvalue weighted by Crippen LogP contribution is -2.73. The highest BCUT2D eigenvalue weighted by molar-refractivity contribution is 6.29. The molecule has 5 nitrogen and oxygen atoms in total. The molecule has 2 saturated heterocycles. The lowest BCUT2D eigenvalue weighted by Gasteiger charge is -2.47. The number of nitrogens with one attached hydrogen (secondary N) is 1. The van der Waals surface area contributed by atoms with Crippen LogP contribution in [0.5, 0.6) is 0 Å². The number of hydrazone groups is 1. The van der Waals surface area contributed by atoms with Crippen molar-refractivity contribution in [2.45, 2.75) is 52.6 Å². The zero-order valence-corrected chi connectivity index (χ0v) is 16.4.